The van der Waals surface area contributed by atoms with Crippen molar-refractivity contribution in [3.8, 4) is 0 Å². The van der Waals surface area contributed by atoms with Gasteiger partial charge in [0.05, 0.1) is 12.2 Å². The van der Waals surface area contributed by atoms with Crippen molar-refractivity contribution in [1.82, 2.24) is 5.32 Å². The molecule has 1 N–H and O–H groups in total. The van der Waals surface area contributed by atoms with Gasteiger partial charge in [0.2, 0.25) is 0 Å². The normalized spacial score (nSPS) is 20.6. The quantitative estimate of drug-likeness (QED) is 0.859. The summed E-state index contributed by atoms with van der Waals surface area (Å²) in [5.74, 6) is -0.528. The van der Waals surface area contributed by atoms with Gasteiger partial charge in [0.1, 0.15) is 0 Å². The largest absolute Gasteiger partial charge is 0.463 e. The first-order valence-electron chi connectivity index (χ1n) is 8.65. The van der Waals surface area contributed by atoms with E-state index < -0.39 is 0 Å². The summed E-state index contributed by atoms with van der Waals surface area (Å²) in [5, 5.41) is 3.36. The first-order chi connectivity index (χ1) is 11.7. The Kier molecular flexibility index (Phi) is 4.84. The molecule has 0 saturated carbocycles. The van der Waals surface area contributed by atoms with Crippen LogP contribution in [0.25, 0.3) is 0 Å². The van der Waals surface area contributed by atoms with Gasteiger partial charge >= 0.3 is 5.97 Å². The molecule has 0 bridgehead atoms. The molecule has 0 fully saturated rings. The van der Waals surface area contributed by atoms with Crippen LogP contribution in [0.3, 0.4) is 0 Å². The number of esters is 1. The number of nitrogens with one attached hydrogen (secondary N) is 1. The van der Waals surface area contributed by atoms with Gasteiger partial charge in [-0.1, -0.05) is 37.3 Å². The lowest BCUT2D eigenvalue weighted by Gasteiger charge is -2.34. The fourth-order valence-electron chi connectivity index (χ4n) is 3.60. The summed E-state index contributed by atoms with van der Waals surface area (Å²) in [7, 11) is 0. The first kappa shape index (κ1) is 16.5. The molecule has 126 valence electrons. The van der Waals surface area contributed by atoms with Gasteiger partial charge in [-0.15, -0.1) is 0 Å². The maximum atomic E-state index is 12.7. The Labute approximate surface area is 142 Å². The highest BCUT2D eigenvalue weighted by atomic mass is 16.5. The van der Waals surface area contributed by atoms with Crippen molar-refractivity contribution in [2.45, 2.75) is 45.4 Å². The zero-order chi connectivity index (χ0) is 17.1. The number of dihydropyridines is 1. The Morgan fingerprint density at radius 3 is 2.62 bits per heavy atom. The molecule has 1 unspecified atom stereocenters. The zero-order valence-corrected chi connectivity index (χ0v) is 14.2. The fourth-order valence-corrected chi connectivity index (χ4v) is 3.60. The number of Topliss-reactive ketones (excluding diaryl/α,β-unsaturated/α-hetero) is 1. The molecular weight excluding hydrogens is 302 g/mol. The number of carbonyl (C=O) groups excluding carboxylic acids is 2. The lowest BCUT2D eigenvalue weighted by Crippen LogP contribution is -2.35. The lowest BCUT2D eigenvalue weighted by atomic mass is 9.75. The summed E-state index contributed by atoms with van der Waals surface area (Å²) >= 11 is 0. The summed E-state index contributed by atoms with van der Waals surface area (Å²) in [5.41, 5.74) is 4.14. The van der Waals surface area contributed by atoms with Crippen LogP contribution in [0.1, 0.15) is 51.0 Å². The maximum absolute atomic E-state index is 12.7. The van der Waals surface area contributed by atoms with Crippen LogP contribution in [0.4, 0.5) is 0 Å². The van der Waals surface area contributed by atoms with Crippen LogP contribution < -0.4 is 5.32 Å². The predicted octanol–water partition coefficient (Wildman–Crippen LogP) is 3.61. The van der Waals surface area contributed by atoms with E-state index >= 15 is 0 Å². The average molecular weight is 325 g/mol. The molecule has 1 heterocycles. The minimum atomic E-state index is -0.333. The highest BCUT2D eigenvalue weighted by Crippen LogP contribution is 2.42. The summed E-state index contributed by atoms with van der Waals surface area (Å²) in [4.78, 5) is 25.3. The monoisotopic (exact) mass is 325 g/mol. The maximum Gasteiger partial charge on any atom is 0.336 e. The molecular formula is C20H23NO3. The number of hydrogen-bond donors (Lipinski definition) is 1. The summed E-state index contributed by atoms with van der Waals surface area (Å²) in [6, 6.07) is 9.79. The number of ether oxygens (including phenoxy) is 1. The molecule has 1 aromatic rings. The van der Waals surface area contributed by atoms with Gasteiger partial charge in [0.15, 0.2) is 5.78 Å². The Bertz CT molecular complexity index is 716. The number of hydrogen-bond acceptors (Lipinski definition) is 4. The molecule has 4 nitrogen and oxygen atoms in total. The molecule has 0 spiro atoms. The van der Waals surface area contributed by atoms with E-state index in [2.05, 4.69) is 5.32 Å². The lowest BCUT2D eigenvalue weighted by molar-refractivity contribution is -0.138. The van der Waals surface area contributed by atoms with Crippen molar-refractivity contribution >= 4 is 11.8 Å². The Balaban J connectivity index is 2.17. The summed E-state index contributed by atoms with van der Waals surface area (Å²) in [6.07, 6.45) is 2.95. The third-order valence-electron chi connectivity index (χ3n) is 4.64. The van der Waals surface area contributed by atoms with Gasteiger partial charge in [0, 0.05) is 29.3 Å². The molecule has 3 rings (SSSR count). The van der Waals surface area contributed by atoms with Crippen molar-refractivity contribution in [2.75, 3.05) is 6.61 Å². The van der Waals surface area contributed by atoms with Crippen molar-refractivity contribution in [3.63, 3.8) is 0 Å². The van der Waals surface area contributed by atoms with Gasteiger partial charge in [-0.25, -0.2) is 4.79 Å². The number of allylic oxidation sites excluding steroid dienone is 3. The van der Waals surface area contributed by atoms with Crippen molar-refractivity contribution in [2.24, 2.45) is 0 Å². The smallest absolute Gasteiger partial charge is 0.336 e. The molecule has 0 radical (unpaired) electrons. The predicted molar refractivity (Wildman–Crippen MR) is 92.2 cm³/mol. The Morgan fingerprint density at radius 2 is 1.96 bits per heavy atom. The second kappa shape index (κ2) is 7.04. The molecule has 4 heteroatoms. The van der Waals surface area contributed by atoms with Crippen LogP contribution >= 0.6 is 0 Å². The number of benzene rings is 1. The Morgan fingerprint density at radius 1 is 1.21 bits per heavy atom. The molecule has 24 heavy (non-hydrogen) atoms. The van der Waals surface area contributed by atoms with Crippen LogP contribution in [0, 0.1) is 0 Å². The zero-order valence-electron chi connectivity index (χ0n) is 14.2. The van der Waals surface area contributed by atoms with E-state index in [1.165, 1.54) is 0 Å². The highest BCUT2D eigenvalue weighted by Gasteiger charge is 2.39. The molecule has 2 aliphatic rings. The Hall–Kier alpha value is -2.36. The second-order valence-electron chi connectivity index (χ2n) is 6.10. The molecule has 0 amide bonds. The SMILES string of the molecule is CCOC(=O)C1=C(CC)NC2=C(C(=O)CCC2)C1c1ccccc1. The highest BCUT2D eigenvalue weighted by molar-refractivity contribution is 6.03. The van der Waals surface area contributed by atoms with E-state index in [-0.39, 0.29) is 17.7 Å². The van der Waals surface area contributed by atoms with E-state index in [4.69, 9.17) is 4.74 Å². The van der Waals surface area contributed by atoms with Gasteiger partial charge in [-0.3, -0.25) is 4.79 Å². The van der Waals surface area contributed by atoms with E-state index in [1.807, 2.05) is 37.3 Å². The number of carbonyl (C=O) groups is 2. The molecule has 1 aliphatic carbocycles. The first-order valence-corrected chi connectivity index (χ1v) is 8.65. The standard InChI is InChI=1S/C20H23NO3/c1-3-14-19(20(23)24-4-2)17(13-9-6-5-7-10-13)18-15(21-14)11-8-12-16(18)22/h5-7,9-10,17,21H,3-4,8,11-12H2,1-2H3. The third-order valence-corrected chi connectivity index (χ3v) is 4.64. The van der Waals surface area contributed by atoms with Gasteiger partial charge in [-0.05, 0) is 31.7 Å². The molecule has 0 aromatic heterocycles. The molecule has 0 saturated heterocycles. The van der Waals surface area contributed by atoms with E-state index in [9.17, 15) is 9.59 Å². The van der Waals surface area contributed by atoms with Crippen LogP contribution in [0.2, 0.25) is 0 Å². The van der Waals surface area contributed by atoms with Crippen molar-refractivity contribution in [3.05, 3.63) is 58.4 Å². The average Bonchev–Trinajstić information content (AvgIpc) is 2.61. The number of ketones is 1. The molecule has 1 atom stereocenters. The number of rotatable bonds is 4. The van der Waals surface area contributed by atoms with Crippen LogP contribution in [-0.2, 0) is 14.3 Å². The minimum absolute atomic E-state index is 0.134. The van der Waals surface area contributed by atoms with E-state index in [0.29, 0.717) is 25.0 Å². The second-order valence-corrected chi connectivity index (χ2v) is 6.10. The molecule has 1 aliphatic heterocycles. The van der Waals surface area contributed by atoms with Crippen LogP contribution in [-0.4, -0.2) is 18.4 Å². The van der Waals surface area contributed by atoms with E-state index in [0.717, 1.165) is 35.4 Å². The summed E-state index contributed by atoms with van der Waals surface area (Å²) < 4.78 is 5.31. The van der Waals surface area contributed by atoms with Crippen LogP contribution in [0.5, 0.6) is 0 Å². The molecule has 1 aromatic carbocycles. The third kappa shape index (κ3) is 2.88. The van der Waals surface area contributed by atoms with Gasteiger partial charge in [-0.2, -0.15) is 0 Å². The minimum Gasteiger partial charge on any atom is -0.463 e. The van der Waals surface area contributed by atoms with Crippen LogP contribution in [0.15, 0.2) is 52.9 Å². The van der Waals surface area contributed by atoms with Gasteiger partial charge in [0.25, 0.3) is 0 Å². The van der Waals surface area contributed by atoms with Crippen molar-refractivity contribution in [1.29, 1.82) is 0 Å². The van der Waals surface area contributed by atoms with E-state index in [1.54, 1.807) is 6.92 Å². The summed E-state index contributed by atoms with van der Waals surface area (Å²) in [6.45, 7) is 4.13. The topological polar surface area (TPSA) is 55.4 Å². The van der Waals surface area contributed by atoms with Gasteiger partial charge < -0.3 is 10.1 Å². The fraction of sp³-hybridized carbons (Fsp3) is 0.400. The van der Waals surface area contributed by atoms with Crippen molar-refractivity contribution < 1.29 is 14.3 Å².